The maximum Gasteiger partial charge on any atom is 0.296 e. The average Bonchev–Trinajstić information content (AvgIpc) is 2.46. The van der Waals surface area contributed by atoms with Crippen LogP contribution in [0.2, 0.25) is 5.02 Å². The van der Waals surface area contributed by atoms with Gasteiger partial charge in [-0.05, 0) is 42.3 Å². The number of nitrogens with one attached hydrogen (secondary N) is 1. The summed E-state index contributed by atoms with van der Waals surface area (Å²) in [6, 6.07) is 10.9. The van der Waals surface area contributed by atoms with E-state index < -0.39 is 0 Å². The van der Waals surface area contributed by atoms with E-state index in [1.165, 1.54) is 0 Å². The van der Waals surface area contributed by atoms with Gasteiger partial charge in [0.15, 0.2) is 0 Å². The van der Waals surface area contributed by atoms with E-state index in [4.69, 9.17) is 11.6 Å². The van der Waals surface area contributed by atoms with Gasteiger partial charge in [-0.2, -0.15) is 0 Å². The van der Waals surface area contributed by atoms with Crippen LogP contribution in [0.25, 0.3) is 0 Å². The Hall–Kier alpha value is -2.31. The molecule has 4 heteroatoms. The maximum absolute atomic E-state index is 11.6. The molecule has 0 fully saturated rings. The number of carbonyl (C=O) groups excluding carboxylic acids is 1. The number of nitrogens with zero attached hydrogens (tertiary/aromatic N) is 1. The van der Waals surface area contributed by atoms with Gasteiger partial charge in [0, 0.05) is 35.4 Å². The highest BCUT2D eigenvalue weighted by molar-refractivity contribution is 6.30. The van der Waals surface area contributed by atoms with Gasteiger partial charge < -0.3 is 5.32 Å². The highest BCUT2D eigenvalue weighted by atomic mass is 35.5. The first-order chi connectivity index (χ1) is 9.74. The lowest BCUT2D eigenvalue weighted by Gasteiger charge is -2.00. The minimum Gasteiger partial charge on any atom is -0.345 e. The molecule has 0 aliphatic heterocycles. The first kappa shape index (κ1) is 14.1. The molecule has 1 aromatic carbocycles. The van der Waals surface area contributed by atoms with Gasteiger partial charge in [0.1, 0.15) is 0 Å². The topological polar surface area (TPSA) is 42.0 Å². The quantitative estimate of drug-likeness (QED) is 0.880. The molecule has 2 rings (SSSR count). The zero-order valence-corrected chi connectivity index (χ0v) is 11.5. The number of pyridine rings is 1. The minimum absolute atomic E-state index is 0.293. The number of amides is 1. The second-order valence-electron chi connectivity index (χ2n) is 4.12. The summed E-state index contributed by atoms with van der Waals surface area (Å²) < 4.78 is 0. The van der Waals surface area contributed by atoms with E-state index in [9.17, 15) is 4.79 Å². The van der Waals surface area contributed by atoms with Crippen molar-refractivity contribution in [2.24, 2.45) is 0 Å². The van der Waals surface area contributed by atoms with Crippen LogP contribution in [0.5, 0.6) is 0 Å². The van der Waals surface area contributed by atoms with Gasteiger partial charge in [-0.15, -0.1) is 0 Å². The Balaban J connectivity index is 1.82. The van der Waals surface area contributed by atoms with Crippen LogP contribution < -0.4 is 5.32 Å². The fraction of sp³-hybridized carbons (Fsp3) is 0.125. The standard InChI is InChI=1S/C16H13ClN2O/c17-15-3-1-2-14(12-15)4-5-16(20)19-11-8-13-6-9-18-10-7-13/h1-3,6-7,9-10,12H,8,11H2,(H,19,20). The molecular weight excluding hydrogens is 272 g/mol. The van der Waals surface area contributed by atoms with Crippen LogP contribution in [0.1, 0.15) is 11.1 Å². The number of hydrogen-bond donors (Lipinski definition) is 1. The molecule has 0 atom stereocenters. The molecule has 0 saturated carbocycles. The van der Waals surface area contributed by atoms with Crippen molar-refractivity contribution in [1.29, 1.82) is 0 Å². The van der Waals surface area contributed by atoms with Crippen LogP contribution in [0.3, 0.4) is 0 Å². The van der Waals surface area contributed by atoms with Gasteiger partial charge in [-0.1, -0.05) is 23.6 Å². The van der Waals surface area contributed by atoms with E-state index in [2.05, 4.69) is 22.1 Å². The van der Waals surface area contributed by atoms with E-state index in [0.717, 1.165) is 17.5 Å². The molecule has 0 radical (unpaired) electrons. The molecule has 20 heavy (non-hydrogen) atoms. The van der Waals surface area contributed by atoms with Crippen molar-refractivity contribution in [2.45, 2.75) is 6.42 Å². The van der Waals surface area contributed by atoms with Gasteiger partial charge in [0.25, 0.3) is 5.91 Å². The van der Waals surface area contributed by atoms with Gasteiger partial charge in [-0.25, -0.2) is 0 Å². The first-order valence-electron chi connectivity index (χ1n) is 6.18. The number of carbonyl (C=O) groups is 1. The second kappa shape index (κ2) is 7.32. The van der Waals surface area contributed by atoms with Crippen molar-refractivity contribution in [3.63, 3.8) is 0 Å². The van der Waals surface area contributed by atoms with Gasteiger partial charge >= 0.3 is 0 Å². The summed E-state index contributed by atoms with van der Waals surface area (Å²) in [7, 11) is 0. The van der Waals surface area contributed by atoms with Gasteiger partial charge in [0.05, 0.1) is 0 Å². The number of aromatic nitrogens is 1. The van der Waals surface area contributed by atoms with Crippen LogP contribution in [0, 0.1) is 11.8 Å². The first-order valence-corrected chi connectivity index (χ1v) is 6.56. The highest BCUT2D eigenvalue weighted by Crippen LogP contribution is 2.09. The van der Waals surface area contributed by atoms with Gasteiger partial charge in [0.2, 0.25) is 0 Å². The molecule has 0 saturated heterocycles. The Morgan fingerprint density at radius 1 is 1.25 bits per heavy atom. The average molecular weight is 285 g/mol. The fourth-order valence-electron chi connectivity index (χ4n) is 1.61. The van der Waals surface area contributed by atoms with Crippen molar-refractivity contribution in [2.75, 3.05) is 6.54 Å². The molecule has 0 aliphatic rings. The predicted octanol–water partition coefficient (Wildman–Crippen LogP) is 2.45. The van der Waals surface area contributed by atoms with Crippen LogP contribution in [-0.4, -0.2) is 17.4 Å². The third-order valence-corrected chi connectivity index (χ3v) is 2.83. The SMILES string of the molecule is O=C(C#Cc1cccc(Cl)c1)NCCc1ccncc1. The molecular formula is C16H13ClN2O. The van der Waals surface area contributed by atoms with Crippen molar-refractivity contribution >= 4 is 17.5 Å². The summed E-state index contributed by atoms with van der Waals surface area (Å²) in [5.41, 5.74) is 1.85. The van der Waals surface area contributed by atoms with E-state index in [1.807, 2.05) is 18.2 Å². The van der Waals surface area contributed by atoms with E-state index >= 15 is 0 Å². The van der Waals surface area contributed by atoms with Crippen molar-refractivity contribution < 1.29 is 4.79 Å². The maximum atomic E-state index is 11.6. The number of hydrogen-bond acceptors (Lipinski definition) is 2. The highest BCUT2D eigenvalue weighted by Gasteiger charge is 1.96. The molecule has 1 N–H and O–H groups in total. The monoisotopic (exact) mass is 284 g/mol. The summed E-state index contributed by atoms with van der Waals surface area (Å²) >= 11 is 5.84. The smallest absolute Gasteiger partial charge is 0.296 e. The summed E-state index contributed by atoms with van der Waals surface area (Å²) in [4.78, 5) is 15.5. The second-order valence-corrected chi connectivity index (χ2v) is 4.56. The van der Waals surface area contributed by atoms with Crippen molar-refractivity contribution in [3.05, 3.63) is 64.9 Å². The fourth-order valence-corrected chi connectivity index (χ4v) is 1.80. The summed E-state index contributed by atoms with van der Waals surface area (Å²) in [5, 5.41) is 3.36. The largest absolute Gasteiger partial charge is 0.345 e. The third kappa shape index (κ3) is 4.75. The molecule has 0 aliphatic carbocycles. The van der Waals surface area contributed by atoms with Crippen molar-refractivity contribution in [1.82, 2.24) is 10.3 Å². The Morgan fingerprint density at radius 2 is 2.05 bits per heavy atom. The third-order valence-electron chi connectivity index (χ3n) is 2.59. The molecule has 1 heterocycles. The summed E-state index contributed by atoms with van der Waals surface area (Å²) in [6.07, 6.45) is 4.22. The lowest BCUT2D eigenvalue weighted by Crippen LogP contribution is -2.23. The molecule has 1 aromatic heterocycles. The Kier molecular flexibility index (Phi) is 5.16. The minimum atomic E-state index is -0.293. The molecule has 0 unspecified atom stereocenters. The molecule has 100 valence electrons. The van der Waals surface area contributed by atoms with E-state index in [-0.39, 0.29) is 5.91 Å². The lowest BCUT2D eigenvalue weighted by molar-refractivity contribution is -0.115. The Bertz CT molecular complexity index is 644. The van der Waals surface area contributed by atoms with Crippen LogP contribution in [-0.2, 0) is 11.2 Å². The summed E-state index contributed by atoms with van der Waals surface area (Å²) in [6.45, 7) is 0.549. The lowest BCUT2D eigenvalue weighted by atomic mass is 10.2. The molecule has 3 nitrogen and oxygen atoms in total. The number of benzene rings is 1. The van der Waals surface area contributed by atoms with Crippen molar-refractivity contribution in [3.8, 4) is 11.8 Å². The number of halogens is 1. The predicted molar refractivity (Wildman–Crippen MR) is 79.3 cm³/mol. The molecule has 0 bridgehead atoms. The number of rotatable bonds is 3. The van der Waals surface area contributed by atoms with Crippen LogP contribution >= 0.6 is 11.6 Å². The Morgan fingerprint density at radius 3 is 2.80 bits per heavy atom. The zero-order chi connectivity index (χ0) is 14.2. The Labute approximate surface area is 123 Å². The molecule has 0 spiro atoms. The zero-order valence-electron chi connectivity index (χ0n) is 10.8. The molecule has 2 aromatic rings. The molecule has 1 amide bonds. The van der Waals surface area contributed by atoms with Crippen LogP contribution in [0.15, 0.2) is 48.8 Å². The van der Waals surface area contributed by atoms with Crippen LogP contribution in [0.4, 0.5) is 0 Å². The van der Waals surface area contributed by atoms with E-state index in [0.29, 0.717) is 11.6 Å². The van der Waals surface area contributed by atoms with Gasteiger partial charge in [-0.3, -0.25) is 9.78 Å². The van der Waals surface area contributed by atoms with E-state index in [1.54, 1.807) is 30.6 Å². The summed E-state index contributed by atoms with van der Waals surface area (Å²) in [5.74, 6) is 5.03. The normalized spacial score (nSPS) is 9.45.